The van der Waals surface area contributed by atoms with E-state index in [9.17, 15) is 0 Å². The van der Waals surface area contributed by atoms with Crippen molar-refractivity contribution >= 4 is 0 Å². The second-order valence-corrected chi connectivity index (χ2v) is 7.74. The van der Waals surface area contributed by atoms with E-state index >= 15 is 0 Å². The molecule has 0 aliphatic rings. The number of hydrogen-bond acceptors (Lipinski definition) is 0. The van der Waals surface area contributed by atoms with Gasteiger partial charge in [0.2, 0.25) is 0 Å². The van der Waals surface area contributed by atoms with Gasteiger partial charge in [0.25, 0.3) is 5.82 Å². The van der Waals surface area contributed by atoms with Crippen molar-refractivity contribution in [1.82, 2.24) is 4.57 Å². The van der Waals surface area contributed by atoms with E-state index in [-0.39, 0.29) is 0 Å². The van der Waals surface area contributed by atoms with Gasteiger partial charge in [-0.2, -0.15) is 0 Å². The van der Waals surface area contributed by atoms with Gasteiger partial charge in [-0.3, -0.25) is 0 Å². The highest BCUT2D eigenvalue weighted by Crippen LogP contribution is 2.10. The van der Waals surface area contributed by atoms with Gasteiger partial charge in [-0.25, -0.2) is 9.13 Å². The minimum Gasteiger partial charge on any atom is -0.234 e. The Morgan fingerprint density at radius 2 is 1.24 bits per heavy atom. The van der Waals surface area contributed by atoms with Crippen molar-refractivity contribution < 1.29 is 4.57 Å². The molecule has 0 fully saturated rings. The lowest BCUT2D eigenvalue weighted by Crippen LogP contribution is -2.37. The first-order valence-corrected chi connectivity index (χ1v) is 11.4. The SMILES string of the molecule is CCCCCCCCc1n(CCCC)cc[n+]1CCCCCCCC. The monoisotopic (exact) mass is 349 g/mol. The van der Waals surface area contributed by atoms with Crippen molar-refractivity contribution in [1.29, 1.82) is 0 Å². The van der Waals surface area contributed by atoms with Crippen LogP contribution in [0.15, 0.2) is 12.4 Å². The highest BCUT2D eigenvalue weighted by Gasteiger charge is 2.16. The Morgan fingerprint density at radius 1 is 0.680 bits per heavy atom. The summed E-state index contributed by atoms with van der Waals surface area (Å²) in [5.74, 6) is 1.58. The maximum Gasteiger partial charge on any atom is 0.256 e. The van der Waals surface area contributed by atoms with Gasteiger partial charge < -0.3 is 0 Å². The van der Waals surface area contributed by atoms with E-state index < -0.39 is 0 Å². The summed E-state index contributed by atoms with van der Waals surface area (Å²) in [6.07, 6.45) is 25.2. The van der Waals surface area contributed by atoms with Crippen LogP contribution >= 0.6 is 0 Å². The molecule has 146 valence electrons. The fraction of sp³-hybridized carbons (Fsp3) is 0.870. The zero-order valence-corrected chi connectivity index (χ0v) is 17.6. The first-order valence-electron chi connectivity index (χ1n) is 11.4. The molecule has 0 bridgehead atoms. The fourth-order valence-corrected chi connectivity index (χ4v) is 3.65. The van der Waals surface area contributed by atoms with E-state index in [1.54, 1.807) is 5.82 Å². The van der Waals surface area contributed by atoms with Crippen LogP contribution in [0.1, 0.15) is 116 Å². The summed E-state index contributed by atoms with van der Waals surface area (Å²) in [7, 11) is 0. The number of rotatable bonds is 17. The number of hydrogen-bond donors (Lipinski definition) is 0. The average Bonchev–Trinajstić information content (AvgIpc) is 3.01. The number of aromatic nitrogens is 2. The molecule has 0 saturated heterocycles. The Morgan fingerprint density at radius 3 is 1.88 bits per heavy atom. The highest BCUT2D eigenvalue weighted by molar-refractivity contribution is 4.84. The molecule has 0 saturated carbocycles. The number of nitrogens with zero attached hydrogens (tertiary/aromatic N) is 2. The first-order chi connectivity index (χ1) is 12.3. The Bertz CT molecular complexity index is 408. The third-order valence-corrected chi connectivity index (χ3v) is 5.35. The van der Waals surface area contributed by atoms with Crippen LogP contribution in [0.25, 0.3) is 0 Å². The molecule has 0 N–H and O–H groups in total. The summed E-state index contributed by atoms with van der Waals surface area (Å²) < 4.78 is 5.09. The summed E-state index contributed by atoms with van der Waals surface area (Å²) >= 11 is 0. The number of unbranched alkanes of at least 4 members (excludes halogenated alkanes) is 11. The quantitative estimate of drug-likeness (QED) is 0.215. The second kappa shape index (κ2) is 15.5. The molecule has 1 aromatic rings. The van der Waals surface area contributed by atoms with Crippen LogP contribution in [-0.4, -0.2) is 4.57 Å². The predicted octanol–water partition coefficient (Wildman–Crippen LogP) is 6.84. The van der Waals surface area contributed by atoms with Crippen molar-refractivity contribution in [3.05, 3.63) is 18.2 Å². The zero-order valence-electron chi connectivity index (χ0n) is 17.6. The van der Waals surface area contributed by atoms with Crippen LogP contribution in [-0.2, 0) is 19.5 Å². The maximum absolute atomic E-state index is 2.56. The average molecular weight is 350 g/mol. The molecule has 0 unspecified atom stereocenters. The van der Waals surface area contributed by atoms with Gasteiger partial charge in [0.15, 0.2) is 0 Å². The molecule has 0 aliphatic carbocycles. The Kier molecular flexibility index (Phi) is 13.8. The summed E-state index contributed by atoms with van der Waals surface area (Å²) in [4.78, 5) is 0. The Balaban J connectivity index is 2.41. The molecule has 0 atom stereocenters. The summed E-state index contributed by atoms with van der Waals surface area (Å²) in [5.41, 5.74) is 0. The van der Waals surface area contributed by atoms with E-state index in [1.165, 1.54) is 109 Å². The molecule has 2 heteroatoms. The number of imidazole rings is 1. The third-order valence-electron chi connectivity index (χ3n) is 5.35. The molecule has 0 aromatic carbocycles. The van der Waals surface area contributed by atoms with Crippen molar-refractivity contribution in [2.75, 3.05) is 0 Å². The van der Waals surface area contributed by atoms with Gasteiger partial charge in [-0.15, -0.1) is 0 Å². The lowest BCUT2D eigenvalue weighted by molar-refractivity contribution is -0.704. The Hall–Kier alpha value is -0.790. The molecule has 2 nitrogen and oxygen atoms in total. The van der Waals surface area contributed by atoms with Gasteiger partial charge in [-0.1, -0.05) is 85.0 Å². The standard InChI is InChI=1S/C23H45N2/c1-4-7-10-12-14-16-18-23-24(19-9-6-3)21-22-25(23)20-17-15-13-11-8-5-2/h21-22H,4-20H2,1-3H3/q+1. The summed E-state index contributed by atoms with van der Waals surface area (Å²) in [5, 5.41) is 0. The smallest absolute Gasteiger partial charge is 0.234 e. The first kappa shape index (κ1) is 22.3. The van der Waals surface area contributed by atoms with Crippen LogP contribution in [0, 0.1) is 0 Å². The largest absolute Gasteiger partial charge is 0.256 e. The summed E-state index contributed by atoms with van der Waals surface area (Å²) in [6.45, 7) is 9.30. The lowest BCUT2D eigenvalue weighted by Gasteiger charge is -2.06. The van der Waals surface area contributed by atoms with Crippen molar-refractivity contribution in [3.8, 4) is 0 Å². The Labute approximate surface area is 158 Å². The van der Waals surface area contributed by atoms with E-state index in [0.717, 1.165) is 0 Å². The topological polar surface area (TPSA) is 8.81 Å². The second-order valence-electron chi connectivity index (χ2n) is 7.74. The van der Waals surface area contributed by atoms with E-state index in [4.69, 9.17) is 0 Å². The maximum atomic E-state index is 2.56. The van der Waals surface area contributed by atoms with Gasteiger partial charge in [-0.05, 0) is 25.7 Å². The van der Waals surface area contributed by atoms with Crippen LogP contribution in [0.2, 0.25) is 0 Å². The number of aryl methyl sites for hydroxylation is 2. The van der Waals surface area contributed by atoms with Crippen LogP contribution < -0.4 is 4.57 Å². The van der Waals surface area contributed by atoms with E-state index in [0.29, 0.717) is 0 Å². The molecule has 0 radical (unpaired) electrons. The fourth-order valence-electron chi connectivity index (χ4n) is 3.65. The molecule has 0 amide bonds. The van der Waals surface area contributed by atoms with Gasteiger partial charge in [0.05, 0.1) is 13.1 Å². The van der Waals surface area contributed by atoms with Gasteiger partial charge >= 0.3 is 0 Å². The van der Waals surface area contributed by atoms with E-state index in [2.05, 4.69) is 42.3 Å². The van der Waals surface area contributed by atoms with Crippen LogP contribution in [0.5, 0.6) is 0 Å². The van der Waals surface area contributed by atoms with Crippen molar-refractivity contribution in [2.45, 2.75) is 130 Å². The van der Waals surface area contributed by atoms with Gasteiger partial charge in [0, 0.05) is 6.42 Å². The minimum absolute atomic E-state index is 1.20. The molecule has 1 heterocycles. The molecule has 0 spiro atoms. The normalized spacial score (nSPS) is 11.3. The molecular weight excluding hydrogens is 304 g/mol. The van der Waals surface area contributed by atoms with Crippen LogP contribution in [0.3, 0.4) is 0 Å². The highest BCUT2D eigenvalue weighted by atomic mass is 15.1. The van der Waals surface area contributed by atoms with Crippen molar-refractivity contribution in [3.63, 3.8) is 0 Å². The lowest BCUT2D eigenvalue weighted by atomic mass is 10.1. The molecule has 1 aromatic heterocycles. The zero-order chi connectivity index (χ0) is 18.2. The molecule has 25 heavy (non-hydrogen) atoms. The van der Waals surface area contributed by atoms with E-state index in [1.807, 2.05) is 0 Å². The van der Waals surface area contributed by atoms with Crippen LogP contribution in [0.4, 0.5) is 0 Å². The summed E-state index contributed by atoms with van der Waals surface area (Å²) in [6, 6.07) is 0. The predicted molar refractivity (Wildman–Crippen MR) is 110 cm³/mol. The molecular formula is C23H45N2+. The van der Waals surface area contributed by atoms with Gasteiger partial charge in [0.1, 0.15) is 12.4 Å². The minimum atomic E-state index is 1.20. The molecule has 0 aliphatic heterocycles. The molecule has 1 rings (SSSR count). The third kappa shape index (κ3) is 10.1. The van der Waals surface area contributed by atoms with Crippen molar-refractivity contribution in [2.24, 2.45) is 0 Å².